The zero-order chi connectivity index (χ0) is 19.7. The first kappa shape index (κ1) is 18.1. The molecule has 4 rings (SSSR count). The molecule has 0 saturated carbocycles. The van der Waals surface area contributed by atoms with Crippen molar-refractivity contribution in [1.29, 1.82) is 0 Å². The molecular weight excluding hydrogens is 376 g/mol. The monoisotopic (exact) mass is 390 g/mol. The SMILES string of the molecule is FCCn1c(Cn2ccnc2-c2cccc(C(F)(F)F)n2)nc2cccnc21. The predicted molar refractivity (Wildman–Crippen MR) is 93.1 cm³/mol. The number of hydrogen-bond donors (Lipinski definition) is 0. The summed E-state index contributed by atoms with van der Waals surface area (Å²) >= 11 is 0. The van der Waals surface area contributed by atoms with E-state index in [0.717, 1.165) is 6.07 Å². The van der Waals surface area contributed by atoms with E-state index in [9.17, 15) is 17.6 Å². The highest BCUT2D eigenvalue weighted by Gasteiger charge is 2.32. The van der Waals surface area contributed by atoms with Crippen LogP contribution in [0.5, 0.6) is 0 Å². The van der Waals surface area contributed by atoms with E-state index in [1.807, 2.05) is 0 Å². The van der Waals surface area contributed by atoms with Crippen molar-refractivity contribution in [3.63, 3.8) is 0 Å². The van der Waals surface area contributed by atoms with Crippen LogP contribution in [0.2, 0.25) is 0 Å². The Morgan fingerprint density at radius 2 is 1.82 bits per heavy atom. The van der Waals surface area contributed by atoms with Gasteiger partial charge in [0.05, 0.1) is 13.1 Å². The first-order valence-corrected chi connectivity index (χ1v) is 8.39. The molecule has 4 aromatic rings. The molecule has 4 heterocycles. The van der Waals surface area contributed by atoms with Gasteiger partial charge in [0.15, 0.2) is 11.5 Å². The second-order valence-electron chi connectivity index (χ2n) is 6.00. The van der Waals surface area contributed by atoms with Gasteiger partial charge in [-0.15, -0.1) is 0 Å². The number of halogens is 4. The number of rotatable bonds is 5. The maximum atomic E-state index is 13.0. The molecule has 0 amide bonds. The molecule has 0 saturated heterocycles. The van der Waals surface area contributed by atoms with Crippen molar-refractivity contribution in [2.45, 2.75) is 19.3 Å². The number of pyridine rings is 2. The molecule has 0 radical (unpaired) electrons. The normalized spacial score (nSPS) is 12.0. The number of aromatic nitrogens is 6. The third kappa shape index (κ3) is 3.32. The Morgan fingerprint density at radius 3 is 2.61 bits per heavy atom. The van der Waals surface area contributed by atoms with Gasteiger partial charge in [-0.1, -0.05) is 6.07 Å². The fraction of sp³-hybridized carbons (Fsp3) is 0.222. The smallest absolute Gasteiger partial charge is 0.322 e. The van der Waals surface area contributed by atoms with E-state index in [2.05, 4.69) is 19.9 Å². The van der Waals surface area contributed by atoms with Gasteiger partial charge in [0, 0.05) is 18.6 Å². The van der Waals surface area contributed by atoms with E-state index in [4.69, 9.17) is 0 Å². The minimum Gasteiger partial charge on any atom is -0.322 e. The van der Waals surface area contributed by atoms with Gasteiger partial charge in [-0.05, 0) is 24.3 Å². The van der Waals surface area contributed by atoms with Gasteiger partial charge < -0.3 is 9.13 Å². The molecule has 0 fully saturated rings. The molecule has 28 heavy (non-hydrogen) atoms. The average molecular weight is 390 g/mol. The third-order valence-electron chi connectivity index (χ3n) is 4.19. The first-order chi connectivity index (χ1) is 13.5. The maximum Gasteiger partial charge on any atom is 0.433 e. The molecule has 0 aliphatic carbocycles. The van der Waals surface area contributed by atoms with Crippen LogP contribution in [0.15, 0.2) is 48.9 Å². The van der Waals surface area contributed by atoms with Crippen molar-refractivity contribution in [2.75, 3.05) is 6.67 Å². The first-order valence-electron chi connectivity index (χ1n) is 8.39. The number of hydrogen-bond acceptors (Lipinski definition) is 4. The van der Waals surface area contributed by atoms with Gasteiger partial charge >= 0.3 is 6.18 Å². The molecule has 0 spiro atoms. The maximum absolute atomic E-state index is 13.0. The molecule has 0 aliphatic rings. The molecular formula is C18H14F4N6. The summed E-state index contributed by atoms with van der Waals surface area (Å²) in [4.78, 5) is 16.5. The van der Waals surface area contributed by atoms with Gasteiger partial charge in [-0.3, -0.25) is 0 Å². The summed E-state index contributed by atoms with van der Waals surface area (Å²) in [5.41, 5.74) is 0.262. The van der Waals surface area contributed by atoms with Gasteiger partial charge in [-0.2, -0.15) is 13.2 Å². The van der Waals surface area contributed by atoms with E-state index >= 15 is 0 Å². The summed E-state index contributed by atoms with van der Waals surface area (Å²) in [5.74, 6) is 0.787. The van der Waals surface area contributed by atoms with E-state index < -0.39 is 18.5 Å². The Labute approximate surface area is 156 Å². The van der Waals surface area contributed by atoms with Gasteiger partial charge in [0.2, 0.25) is 0 Å². The zero-order valence-corrected chi connectivity index (χ0v) is 14.4. The average Bonchev–Trinajstić information content (AvgIpc) is 3.27. The van der Waals surface area contributed by atoms with Crippen LogP contribution < -0.4 is 0 Å². The van der Waals surface area contributed by atoms with E-state index in [1.165, 1.54) is 18.3 Å². The van der Waals surface area contributed by atoms with Crippen LogP contribution in [0, 0.1) is 0 Å². The van der Waals surface area contributed by atoms with E-state index in [1.54, 1.807) is 33.7 Å². The number of aryl methyl sites for hydroxylation is 1. The lowest BCUT2D eigenvalue weighted by Gasteiger charge is -2.11. The summed E-state index contributed by atoms with van der Waals surface area (Å²) in [7, 11) is 0. The largest absolute Gasteiger partial charge is 0.433 e. The highest BCUT2D eigenvalue weighted by Crippen LogP contribution is 2.29. The molecule has 10 heteroatoms. The standard InChI is InChI=1S/C18H14F4N6/c19-6-9-28-15(26-13-4-2-7-23-17(13)28)11-27-10-8-24-16(27)12-3-1-5-14(25-12)18(20,21)22/h1-5,7-8,10H,6,9,11H2. The van der Waals surface area contributed by atoms with E-state index in [0.29, 0.717) is 17.0 Å². The Balaban J connectivity index is 1.74. The second kappa shape index (κ2) is 7.02. The lowest BCUT2D eigenvalue weighted by molar-refractivity contribution is -0.141. The lowest BCUT2D eigenvalue weighted by Crippen LogP contribution is -2.12. The fourth-order valence-electron chi connectivity index (χ4n) is 2.99. The van der Waals surface area contributed by atoms with Crippen LogP contribution in [0.4, 0.5) is 17.6 Å². The Kier molecular flexibility index (Phi) is 4.54. The highest BCUT2D eigenvalue weighted by molar-refractivity contribution is 5.71. The van der Waals surface area contributed by atoms with Crippen molar-refractivity contribution in [2.24, 2.45) is 0 Å². The Bertz CT molecular complexity index is 1110. The molecule has 144 valence electrons. The molecule has 0 atom stereocenters. The quantitative estimate of drug-likeness (QED) is 0.487. The molecule has 0 bridgehead atoms. The zero-order valence-electron chi connectivity index (χ0n) is 14.4. The van der Waals surface area contributed by atoms with Crippen molar-refractivity contribution in [3.05, 3.63) is 60.4 Å². The summed E-state index contributed by atoms with van der Waals surface area (Å²) in [6.07, 6.45) is 0.132. The van der Waals surface area contributed by atoms with Crippen LogP contribution in [-0.2, 0) is 19.3 Å². The minimum absolute atomic E-state index is 0.0781. The van der Waals surface area contributed by atoms with Gasteiger partial charge in [-0.25, -0.2) is 24.3 Å². The molecule has 0 N–H and O–H groups in total. The Hall–Kier alpha value is -3.30. The highest BCUT2D eigenvalue weighted by atomic mass is 19.4. The topological polar surface area (TPSA) is 61.4 Å². The van der Waals surface area contributed by atoms with Crippen LogP contribution >= 0.6 is 0 Å². The van der Waals surface area contributed by atoms with Crippen molar-refractivity contribution < 1.29 is 17.6 Å². The van der Waals surface area contributed by atoms with Crippen LogP contribution in [0.3, 0.4) is 0 Å². The molecule has 6 nitrogen and oxygen atoms in total. The lowest BCUT2D eigenvalue weighted by atomic mass is 10.3. The summed E-state index contributed by atoms with van der Waals surface area (Å²) in [6.45, 7) is -0.334. The number of imidazole rings is 2. The van der Waals surface area contributed by atoms with Crippen LogP contribution in [0.1, 0.15) is 11.5 Å². The predicted octanol–water partition coefficient (Wildman–Crippen LogP) is 3.73. The molecule has 0 aromatic carbocycles. The van der Waals surface area contributed by atoms with Crippen LogP contribution in [0.25, 0.3) is 22.7 Å². The van der Waals surface area contributed by atoms with Crippen molar-refractivity contribution in [3.8, 4) is 11.5 Å². The summed E-state index contributed by atoms with van der Waals surface area (Å²) in [5, 5.41) is 0. The second-order valence-corrected chi connectivity index (χ2v) is 6.00. The van der Waals surface area contributed by atoms with Crippen molar-refractivity contribution >= 4 is 11.2 Å². The fourth-order valence-corrected chi connectivity index (χ4v) is 2.99. The van der Waals surface area contributed by atoms with E-state index in [-0.39, 0.29) is 24.6 Å². The number of fused-ring (bicyclic) bond motifs is 1. The van der Waals surface area contributed by atoms with Gasteiger partial charge in [0.25, 0.3) is 0 Å². The molecule has 0 aliphatic heterocycles. The molecule has 0 unspecified atom stereocenters. The molecule has 4 aromatic heterocycles. The van der Waals surface area contributed by atoms with Crippen molar-refractivity contribution in [1.82, 2.24) is 29.1 Å². The summed E-state index contributed by atoms with van der Waals surface area (Å²) in [6, 6.07) is 7.15. The minimum atomic E-state index is -4.55. The number of alkyl halides is 4. The Morgan fingerprint density at radius 1 is 0.964 bits per heavy atom. The summed E-state index contributed by atoms with van der Waals surface area (Å²) < 4.78 is 55.2. The van der Waals surface area contributed by atoms with Gasteiger partial charge in [0.1, 0.15) is 29.4 Å². The number of nitrogens with zero attached hydrogens (tertiary/aromatic N) is 6. The third-order valence-corrected chi connectivity index (χ3v) is 4.19. The van der Waals surface area contributed by atoms with Crippen LogP contribution in [-0.4, -0.2) is 35.7 Å².